The molecule has 0 amide bonds. The van der Waals surface area contributed by atoms with E-state index in [1.54, 1.807) is 7.11 Å². The van der Waals surface area contributed by atoms with Crippen molar-refractivity contribution in [1.29, 1.82) is 0 Å². The summed E-state index contributed by atoms with van der Waals surface area (Å²) in [6.07, 6.45) is 5.57. The average Bonchev–Trinajstić information content (AvgIpc) is 2.90. The fraction of sp³-hybridized carbons (Fsp3) is 0.385. The van der Waals surface area contributed by atoms with E-state index in [4.69, 9.17) is 4.74 Å². The van der Waals surface area contributed by atoms with Crippen LogP contribution in [-0.2, 0) is 4.74 Å². The van der Waals surface area contributed by atoms with Crippen LogP contribution < -0.4 is 0 Å². The molecule has 1 nitrogen and oxygen atoms in total. The molecule has 0 spiro atoms. The monoisotopic (exact) mass is 188 g/mol. The van der Waals surface area contributed by atoms with Crippen LogP contribution >= 0.6 is 0 Å². The summed E-state index contributed by atoms with van der Waals surface area (Å²) in [5.74, 6) is 0.590. The minimum Gasteiger partial charge on any atom is -0.378 e. The maximum Gasteiger partial charge on any atom is 0.0720 e. The summed E-state index contributed by atoms with van der Waals surface area (Å²) in [4.78, 5) is 0. The Labute approximate surface area is 85.4 Å². The standard InChI is InChI=1S/C13H16O/c1-13(14-2)10-12(13)9-8-11-6-4-3-5-7-11/h3-9,12H,10H2,1-2H3/b9-8+/t12-,13+/m0/s1. The third kappa shape index (κ3) is 1.88. The fourth-order valence-electron chi connectivity index (χ4n) is 1.68. The second-order valence-corrected chi connectivity index (χ2v) is 4.10. The van der Waals surface area contributed by atoms with Crippen molar-refractivity contribution in [1.82, 2.24) is 0 Å². The molecule has 1 aromatic carbocycles. The van der Waals surface area contributed by atoms with Gasteiger partial charge in [0, 0.05) is 13.0 Å². The lowest BCUT2D eigenvalue weighted by molar-refractivity contribution is 0.0878. The van der Waals surface area contributed by atoms with Crippen LogP contribution in [0.25, 0.3) is 6.08 Å². The van der Waals surface area contributed by atoms with Gasteiger partial charge >= 0.3 is 0 Å². The van der Waals surface area contributed by atoms with Crippen molar-refractivity contribution in [3.8, 4) is 0 Å². The highest BCUT2D eigenvalue weighted by Gasteiger charge is 2.48. The smallest absolute Gasteiger partial charge is 0.0720 e. The molecular weight excluding hydrogens is 172 g/mol. The Morgan fingerprint density at radius 1 is 1.36 bits per heavy atom. The Morgan fingerprint density at radius 2 is 2.07 bits per heavy atom. The first-order valence-corrected chi connectivity index (χ1v) is 5.03. The highest BCUT2D eigenvalue weighted by molar-refractivity contribution is 5.50. The van der Waals surface area contributed by atoms with Crippen molar-refractivity contribution < 1.29 is 4.74 Å². The Balaban J connectivity index is 1.97. The van der Waals surface area contributed by atoms with Gasteiger partial charge in [0.05, 0.1) is 5.60 Å². The van der Waals surface area contributed by atoms with Crippen LogP contribution in [-0.4, -0.2) is 12.7 Å². The number of rotatable bonds is 3. The highest BCUT2D eigenvalue weighted by atomic mass is 16.5. The molecule has 0 radical (unpaired) electrons. The third-order valence-corrected chi connectivity index (χ3v) is 3.04. The van der Waals surface area contributed by atoms with E-state index in [1.165, 1.54) is 5.56 Å². The van der Waals surface area contributed by atoms with Crippen LogP contribution in [0.5, 0.6) is 0 Å². The molecule has 0 bridgehead atoms. The largest absolute Gasteiger partial charge is 0.378 e. The van der Waals surface area contributed by atoms with E-state index in [2.05, 4.69) is 43.3 Å². The fourth-order valence-corrected chi connectivity index (χ4v) is 1.68. The molecule has 0 aromatic heterocycles. The molecule has 0 saturated heterocycles. The Morgan fingerprint density at radius 3 is 2.64 bits per heavy atom. The van der Waals surface area contributed by atoms with Crippen LogP contribution in [0.15, 0.2) is 36.4 Å². The molecule has 74 valence electrons. The molecule has 0 unspecified atom stereocenters. The van der Waals surface area contributed by atoms with E-state index in [0.717, 1.165) is 6.42 Å². The summed E-state index contributed by atoms with van der Waals surface area (Å²) in [7, 11) is 1.79. The first kappa shape index (κ1) is 9.47. The van der Waals surface area contributed by atoms with Gasteiger partial charge in [-0.3, -0.25) is 0 Å². The van der Waals surface area contributed by atoms with Crippen molar-refractivity contribution >= 4 is 6.08 Å². The molecular formula is C13H16O. The van der Waals surface area contributed by atoms with Gasteiger partial charge in [-0.05, 0) is 18.9 Å². The molecule has 1 saturated carbocycles. The van der Waals surface area contributed by atoms with Crippen molar-refractivity contribution in [2.45, 2.75) is 18.9 Å². The van der Waals surface area contributed by atoms with E-state index >= 15 is 0 Å². The van der Waals surface area contributed by atoms with Crippen molar-refractivity contribution in [3.05, 3.63) is 42.0 Å². The van der Waals surface area contributed by atoms with Crippen LogP contribution in [0.1, 0.15) is 18.9 Å². The normalized spacial score (nSPS) is 30.9. The summed E-state index contributed by atoms with van der Waals surface area (Å²) in [5.41, 5.74) is 1.36. The minimum atomic E-state index is 0.102. The van der Waals surface area contributed by atoms with Crippen molar-refractivity contribution in [3.63, 3.8) is 0 Å². The molecule has 1 fully saturated rings. The van der Waals surface area contributed by atoms with E-state index in [1.807, 2.05) is 6.07 Å². The maximum atomic E-state index is 5.40. The van der Waals surface area contributed by atoms with Crippen molar-refractivity contribution in [2.75, 3.05) is 7.11 Å². The zero-order valence-corrected chi connectivity index (χ0v) is 8.73. The van der Waals surface area contributed by atoms with E-state index in [9.17, 15) is 0 Å². The topological polar surface area (TPSA) is 9.23 Å². The number of ether oxygens (including phenoxy) is 1. The molecule has 2 atom stereocenters. The zero-order valence-electron chi connectivity index (χ0n) is 8.73. The van der Waals surface area contributed by atoms with Crippen LogP contribution in [0.2, 0.25) is 0 Å². The second kappa shape index (κ2) is 3.58. The molecule has 1 heteroatoms. The molecule has 0 aliphatic heterocycles. The van der Waals surface area contributed by atoms with Crippen LogP contribution in [0.3, 0.4) is 0 Å². The predicted octanol–water partition coefficient (Wildman–Crippen LogP) is 3.12. The van der Waals surface area contributed by atoms with Gasteiger partial charge in [-0.25, -0.2) is 0 Å². The molecule has 0 heterocycles. The first-order valence-electron chi connectivity index (χ1n) is 5.03. The Kier molecular flexibility index (Phi) is 2.42. The lowest BCUT2D eigenvalue weighted by Crippen LogP contribution is -2.07. The summed E-state index contributed by atoms with van der Waals surface area (Å²) in [6, 6.07) is 10.4. The minimum absolute atomic E-state index is 0.102. The number of benzene rings is 1. The van der Waals surface area contributed by atoms with Gasteiger partial charge in [-0.15, -0.1) is 0 Å². The van der Waals surface area contributed by atoms with E-state index < -0.39 is 0 Å². The predicted molar refractivity (Wildman–Crippen MR) is 59.0 cm³/mol. The van der Waals surface area contributed by atoms with Crippen molar-refractivity contribution in [2.24, 2.45) is 5.92 Å². The lowest BCUT2D eigenvalue weighted by Gasteiger charge is -2.04. The van der Waals surface area contributed by atoms with Gasteiger partial charge in [0.1, 0.15) is 0 Å². The average molecular weight is 188 g/mol. The number of hydrogen-bond donors (Lipinski definition) is 0. The molecule has 14 heavy (non-hydrogen) atoms. The molecule has 2 rings (SSSR count). The van der Waals surface area contributed by atoms with Gasteiger partial charge in [0.2, 0.25) is 0 Å². The first-order chi connectivity index (χ1) is 6.74. The highest BCUT2D eigenvalue weighted by Crippen LogP contribution is 2.47. The summed E-state index contributed by atoms with van der Waals surface area (Å²) in [5, 5.41) is 0. The van der Waals surface area contributed by atoms with E-state index in [0.29, 0.717) is 5.92 Å². The summed E-state index contributed by atoms with van der Waals surface area (Å²) < 4.78 is 5.40. The van der Waals surface area contributed by atoms with Gasteiger partial charge in [-0.2, -0.15) is 0 Å². The Bertz CT molecular complexity index is 328. The third-order valence-electron chi connectivity index (χ3n) is 3.04. The zero-order chi connectivity index (χ0) is 10.0. The Hall–Kier alpha value is -1.08. The maximum absolute atomic E-state index is 5.40. The molecule has 1 aromatic rings. The number of methoxy groups -OCH3 is 1. The number of hydrogen-bond acceptors (Lipinski definition) is 1. The van der Waals surface area contributed by atoms with Gasteiger partial charge in [0.15, 0.2) is 0 Å². The van der Waals surface area contributed by atoms with Gasteiger partial charge in [0.25, 0.3) is 0 Å². The van der Waals surface area contributed by atoms with Crippen LogP contribution in [0.4, 0.5) is 0 Å². The second-order valence-electron chi connectivity index (χ2n) is 4.10. The lowest BCUT2D eigenvalue weighted by atomic mass is 10.2. The summed E-state index contributed by atoms with van der Waals surface area (Å²) in [6.45, 7) is 2.16. The molecule has 0 N–H and O–H groups in total. The van der Waals surface area contributed by atoms with E-state index in [-0.39, 0.29) is 5.60 Å². The van der Waals surface area contributed by atoms with Gasteiger partial charge in [-0.1, -0.05) is 42.5 Å². The molecule has 1 aliphatic carbocycles. The van der Waals surface area contributed by atoms with Crippen LogP contribution in [0, 0.1) is 5.92 Å². The van der Waals surface area contributed by atoms with Gasteiger partial charge < -0.3 is 4.74 Å². The summed E-state index contributed by atoms with van der Waals surface area (Å²) >= 11 is 0. The SMILES string of the molecule is CO[C@]1(C)C[C@@H]1/C=C/c1ccccc1. The molecule has 1 aliphatic rings. The quantitative estimate of drug-likeness (QED) is 0.708.